The first-order valence-electron chi connectivity index (χ1n) is 4.46. The van der Waals surface area contributed by atoms with E-state index in [9.17, 15) is 0 Å². The van der Waals surface area contributed by atoms with Crippen molar-refractivity contribution in [2.75, 3.05) is 13.2 Å². The van der Waals surface area contributed by atoms with Crippen LogP contribution in [0.3, 0.4) is 0 Å². The van der Waals surface area contributed by atoms with Gasteiger partial charge in [-0.05, 0) is 26.4 Å². The maximum absolute atomic E-state index is 5.63. The van der Waals surface area contributed by atoms with Gasteiger partial charge in [-0.2, -0.15) is 0 Å². The molecular weight excluding hydrogens is 156 g/mol. The van der Waals surface area contributed by atoms with Gasteiger partial charge < -0.3 is 8.85 Å². The van der Waals surface area contributed by atoms with E-state index in [1.54, 1.807) is 0 Å². The molecule has 2 nitrogen and oxygen atoms in total. The molecule has 0 bridgehead atoms. The van der Waals surface area contributed by atoms with Crippen LogP contribution in [0.25, 0.3) is 0 Å². The normalized spacial score (nSPS) is 12.0. The predicted molar refractivity (Wildman–Crippen MR) is 50.0 cm³/mol. The molecule has 0 rings (SSSR count). The highest BCUT2D eigenvalue weighted by atomic mass is 28.4. The zero-order chi connectivity index (χ0) is 8.74. The Bertz CT molecular complexity index is 79.1. The van der Waals surface area contributed by atoms with Crippen molar-refractivity contribution in [2.45, 2.75) is 39.8 Å². The second-order valence-electron chi connectivity index (χ2n) is 2.75. The van der Waals surface area contributed by atoms with E-state index in [2.05, 4.69) is 13.5 Å². The first-order chi connectivity index (χ1) is 5.18. The fraction of sp³-hybridized carbons (Fsp3) is 1.00. The molecule has 0 aliphatic rings. The van der Waals surface area contributed by atoms with E-state index in [1.807, 2.05) is 13.8 Å². The van der Waals surface area contributed by atoms with Crippen LogP contribution >= 0.6 is 0 Å². The Balaban J connectivity index is 3.79. The molecule has 0 aromatic carbocycles. The molecule has 0 aromatic rings. The van der Waals surface area contributed by atoms with Crippen molar-refractivity contribution in [3.05, 3.63) is 0 Å². The zero-order valence-corrected chi connectivity index (χ0v) is 9.14. The molecule has 0 saturated carbocycles. The van der Waals surface area contributed by atoms with Gasteiger partial charge in [0.1, 0.15) is 0 Å². The highest BCUT2D eigenvalue weighted by molar-refractivity contribution is 6.66. The van der Waals surface area contributed by atoms with Crippen molar-refractivity contribution >= 4 is 8.56 Å². The van der Waals surface area contributed by atoms with Crippen LogP contribution in [0.1, 0.15) is 27.2 Å². The maximum Gasteiger partial charge on any atom is 0.334 e. The molecule has 0 aromatic heterocycles. The molecule has 0 aliphatic heterocycles. The van der Waals surface area contributed by atoms with E-state index in [0.29, 0.717) is 0 Å². The van der Waals surface area contributed by atoms with Crippen molar-refractivity contribution in [2.24, 2.45) is 0 Å². The smallest absolute Gasteiger partial charge is 0.334 e. The van der Waals surface area contributed by atoms with E-state index < -0.39 is 8.56 Å². The van der Waals surface area contributed by atoms with E-state index in [0.717, 1.165) is 25.7 Å². The molecule has 0 unspecified atom stereocenters. The Morgan fingerprint density at radius 2 is 1.45 bits per heavy atom. The standard InChI is InChI=1S/C8H20O2Si/c1-5-8-11(4,9-6-2)10-7-3/h5-8H2,1-4H3. The van der Waals surface area contributed by atoms with Gasteiger partial charge in [0.05, 0.1) is 0 Å². The lowest BCUT2D eigenvalue weighted by Gasteiger charge is -2.25. The van der Waals surface area contributed by atoms with Gasteiger partial charge in [-0.3, -0.25) is 0 Å². The largest absolute Gasteiger partial charge is 0.395 e. The second kappa shape index (κ2) is 5.74. The van der Waals surface area contributed by atoms with Gasteiger partial charge in [0.25, 0.3) is 0 Å². The Morgan fingerprint density at radius 3 is 1.73 bits per heavy atom. The summed E-state index contributed by atoms with van der Waals surface area (Å²) >= 11 is 0. The first-order valence-corrected chi connectivity index (χ1v) is 6.98. The lowest BCUT2D eigenvalue weighted by atomic mass is 10.6. The summed E-state index contributed by atoms with van der Waals surface area (Å²) in [5, 5.41) is 0. The SMILES string of the molecule is CCC[Si](C)(OCC)OCC. The van der Waals surface area contributed by atoms with Gasteiger partial charge in [-0.15, -0.1) is 0 Å². The fourth-order valence-electron chi connectivity index (χ4n) is 1.25. The molecule has 0 spiro atoms. The average Bonchev–Trinajstić information content (AvgIpc) is 1.88. The van der Waals surface area contributed by atoms with E-state index in [1.165, 1.54) is 0 Å². The van der Waals surface area contributed by atoms with Crippen LogP contribution in [-0.2, 0) is 8.85 Å². The Hall–Kier alpha value is 0.137. The fourth-order valence-corrected chi connectivity index (χ4v) is 3.75. The molecule has 0 heterocycles. The van der Waals surface area contributed by atoms with E-state index in [-0.39, 0.29) is 0 Å². The molecule has 0 aliphatic carbocycles. The van der Waals surface area contributed by atoms with Crippen molar-refractivity contribution in [1.82, 2.24) is 0 Å². The van der Waals surface area contributed by atoms with E-state index >= 15 is 0 Å². The molecule has 0 amide bonds. The average molecular weight is 176 g/mol. The minimum Gasteiger partial charge on any atom is -0.395 e. The maximum atomic E-state index is 5.63. The van der Waals surface area contributed by atoms with Crippen molar-refractivity contribution in [1.29, 1.82) is 0 Å². The van der Waals surface area contributed by atoms with Crippen molar-refractivity contribution in [3.63, 3.8) is 0 Å². The molecule has 3 heteroatoms. The van der Waals surface area contributed by atoms with Crippen LogP contribution in [0.5, 0.6) is 0 Å². The first kappa shape index (κ1) is 11.1. The van der Waals surface area contributed by atoms with Gasteiger partial charge in [-0.1, -0.05) is 13.3 Å². The highest BCUT2D eigenvalue weighted by Crippen LogP contribution is 2.14. The van der Waals surface area contributed by atoms with Gasteiger partial charge in [-0.25, -0.2) is 0 Å². The second-order valence-corrected chi connectivity index (χ2v) is 6.09. The minimum atomic E-state index is -1.75. The third kappa shape index (κ3) is 4.56. The molecule has 0 saturated heterocycles. The Labute approximate surface area is 71.1 Å². The topological polar surface area (TPSA) is 18.5 Å². The third-order valence-corrected chi connectivity index (χ3v) is 4.81. The van der Waals surface area contributed by atoms with Gasteiger partial charge in [0.15, 0.2) is 0 Å². The van der Waals surface area contributed by atoms with Gasteiger partial charge >= 0.3 is 8.56 Å². The monoisotopic (exact) mass is 176 g/mol. The van der Waals surface area contributed by atoms with E-state index in [4.69, 9.17) is 8.85 Å². The van der Waals surface area contributed by atoms with Crippen molar-refractivity contribution < 1.29 is 8.85 Å². The van der Waals surface area contributed by atoms with Crippen LogP contribution in [0.15, 0.2) is 0 Å². The Morgan fingerprint density at radius 1 is 1.00 bits per heavy atom. The summed E-state index contributed by atoms with van der Waals surface area (Å²) in [6.07, 6.45) is 1.16. The summed E-state index contributed by atoms with van der Waals surface area (Å²) in [4.78, 5) is 0. The molecule has 11 heavy (non-hydrogen) atoms. The molecular formula is C8H20O2Si. The zero-order valence-electron chi connectivity index (χ0n) is 8.14. The molecule has 68 valence electrons. The lowest BCUT2D eigenvalue weighted by Crippen LogP contribution is -2.38. The lowest BCUT2D eigenvalue weighted by molar-refractivity contribution is 0.189. The summed E-state index contributed by atoms with van der Waals surface area (Å²) in [6, 6.07) is 1.11. The van der Waals surface area contributed by atoms with Crippen molar-refractivity contribution in [3.8, 4) is 0 Å². The quantitative estimate of drug-likeness (QED) is 0.579. The van der Waals surface area contributed by atoms with Crippen LogP contribution < -0.4 is 0 Å². The van der Waals surface area contributed by atoms with Gasteiger partial charge in [0, 0.05) is 13.2 Å². The number of rotatable bonds is 6. The highest BCUT2D eigenvalue weighted by Gasteiger charge is 2.28. The Kier molecular flexibility index (Phi) is 5.82. The molecule has 0 N–H and O–H groups in total. The molecule has 0 radical (unpaired) electrons. The summed E-state index contributed by atoms with van der Waals surface area (Å²) in [6.45, 7) is 9.93. The van der Waals surface area contributed by atoms with Crippen LogP contribution in [0.4, 0.5) is 0 Å². The molecule has 0 atom stereocenters. The summed E-state index contributed by atoms with van der Waals surface area (Å²) < 4.78 is 11.3. The minimum absolute atomic E-state index is 0.780. The summed E-state index contributed by atoms with van der Waals surface area (Å²) in [7, 11) is -1.75. The summed E-state index contributed by atoms with van der Waals surface area (Å²) in [5.74, 6) is 0. The predicted octanol–water partition coefficient (Wildman–Crippen LogP) is 2.54. The van der Waals surface area contributed by atoms with Crippen LogP contribution in [-0.4, -0.2) is 21.8 Å². The molecule has 0 fully saturated rings. The number of hydrogen-bond donors (Lipinski definition) is 0. The summed E-state index contributed by atoms with van der Waals surface area (Å²) in [5.41, 5.74) is 0. The third-order valence-electron chi connectivity index (χ3n) is 1.60. The van der Waals surface area contributed by atoms with Gasteiger partial charge in [0.2, 0.25) is 0 Å². The van der Waals surface area contributed by atoms with Crippen LogP contribution in [0.2, 0.25) is 12.6 Å². The van der Waals surface area contributed by atoms with Crippen LogP contribution in [0, 0.1) is 0 Å². The number of hydrogen-bond acceptors (Lipinski definition) is 2.